The number of carbonyl (C=O) groups excluding carboxylic acids is 2. The van der Waals surface area contributed by atoms with Gasteiger partial charge in [-0.15, -0.1) is 13.2 Å². The highest BCUT2D eigenvalue weighted by molar-refractivity contribution is 6.04. The quantitative estimate of drug-likeness (QED) is 0.353. The van der Waals surface area contributed by atoms with Crippen LogP contribution in [0.15, 0.2) is 37.5 Å². The molecule has 0 aliphatic carbocycles. The van der Waals surface area contributed by atoms with Crippen molar-refractivity contribution in [3.63, 3.8) is 0 Å². The van der Waals surface area contributed by atoms with Gasteiger partial charge < -0.3 is 4.74 Å². The molecule has 0 N–H and O–H groups in total. The van der Waals surface area contributed by atoms with Crippen LogP contribution in [0.1, 0.15) is 6.42 Å². The van der Waals surface area contributed by atoms with Gasteiger partial charge in [0.25, 0.3) is 0 Å². The fourth-order valence-corrected chi connectivity index (χ4v) is 0.421. The van der Waals surface area contributed by atoms with Crippen LogP contribution < -0.4 is 0 Å². The Balaban J connectivity index is 0.000000217. The molecule has 0 atom stereocenters. The third-order valence-corrected chi connectivity index (χ3v) is 0.890. The van der Waals surface area contributed by atoms with Crippen LogP contribution in [-0.4, -0.2) is 11.9 Å². The first-order chi connectivity index (χ1) is 5.70. The number of rotatable bonds is 2. The Hall–Kier alpha value is -1.64. The fourth-order valence-electron chi connectivity index (χ4n) is 0.421. The van der Waals surface area contributed by atoms with E-state index in [9.17, 15) is 9.59 Å². The monoisotopic (exact) mass is 166 g/mol. The number of carbonyl (C=O) groups is 2. The van der Waals surface area contributed by atoms with E-state index >= 15 is 0 Å². The average molecular weight is 166 g/mol. The van der Waals surface area contributed by atoms with Gasteiger partial charge in [-0.05, 0) is 6.42 Å². The largest absolute Gasteiger partial charge is 0.387 e. The minimum absolute atomic E-state index is 0.579. The molecule has 0 aromatic rings. The zero-order valence-electron chi connectivity index (χ0n) is 6.66. The van der Waals surface area contributed by atoms with Gasteiger partial charge in [0.15, 0.2) is 0 Å². The van der Waals surface area contributed by atoms with Gasteiger partial charge in [0.2, 0.25) is 0 Å². The van der Waals surface area contributed by atoms with Crippen molar-refractivity contribution in [1.29, 1.82) is 0 Å². The first kappa shape index (κ1) is 10.4. The summed E-state index contributed by atoms with van der Waals surface area (Å²) < 4.78 is 3.97. The predicted molar refractivity (Wildman–Crippen MR) is 45.3 cm³/mol. The summed E-state index contributed by atoms with van der Waals surface area (Å²) in [4.78, 5) is 19.8. The molecular weight excluding hydrogens is 156 g/mol. The van der Waals surface area contributed by atoms with Gasteiger partial charge in [-0.25, -0.2) is 9.59 Å². The van der Waals surface area contributed by atoms with Crippen LogP contribution in [0, 0.1) is 0 Å². The maximum Gasteiger partial charge on any atom is 0.338 e. The Bertz CT molecular complexity index is 204. The summed E-state index contributed by atoms with van der Waals surface area (Å²) in [6, 6.07) is 0. The van der Waals surface area contributed by atoms with Crippen molar-refractivity contribution < 1.29 is 14.3 Å². The van der Waals surface area contributed by atoms with Gasteiger partial charge in [0.05, 0.1) is 0 Å². The third kappa shape index (κ3) is 5.17. The summed E-state index contributed by atoms with van der Waals surface area (Å²) in [7, 11) is 0. The molecule has 1 rings (SSSR count). The Kier molecular flexibility index (Phi) is 5.26. The van der Waals surface area contributed by atoms with Crippen LogP contribution in [0.2, 0.25) is 0 Å². The molecular formula is C9H10O3. The van der Waals surface area contributed by atoms with E-state index in [1.165, 1.54) is 0 Å². The molecule has 3 nitrogen and oxygen atoms in total. The fraction of sp³-hybridized carbons (Fsp3) is 0.111. The van der Waals surface area contributed by atoms with E-state index in [0.29, 0.717) is 0 Å². The first-order valence-electron chi connectivity index (χ1n) is 3.36. The number of hydrogen-bond donors (Lipinski definition) is 0. The minimum atomic E-state index is -0.579. The van der Waals surface area contributed by atoms with Gasteiger partial charge in [-0.2, -0.15) is 0 Å². The molecule has 1 aliphatic rings. The summed E-state index contributed by atoms with van der Waals surface area (Å²) in [6.07, 6.45) is 6.71. The SMILES string of the molecule is C=CCC=C.O=C1C=CC(=O)O1. The summed E-state index contributed by atoms with van der Waals surface area (Å²) in [5.74, 6) is -1.16. The molecule has 12 heavy (non-hydrogen) atoms. The second-order valence-electron chi connectivity index (χ2n) is 1.89. The summed E-state index contributed by atoms with van der Waals surface area (Å²) >= 11 is 0. The lowest BCUT2D eigenvalue weighted by molar-refractivity contribution is -0.150. The number of hydrogen-bond acceptors (Lipinski definition) is 3. The Labute approximate surface area is 71.0 Å². The predicted octanol–water partition coefficient (Wildman–Crippen LogP) is 1.37. The van der Waals surface area contributed by atoms with E-state index in [-0.39, 0.29) is 0 Å². The van der Waals surface area contributed by atoms with Crippen LogP contribution in [0.5, 0.6) is 0 Å². The zero-order valence-corrected chi connectivity index (χ0v) is 6.66. The third-order valence-electron chi connectivity index (χ3n) is 0.890. The van der Waals surface area contributed by atoms with Gasteiger partial charge >= 0.3 is 11.9 Å². The van der Waals surface area contributed by atoms with E-state index in [4.69, 9.17) is 0 Å². The molecule has 3 heteroatoms. The molecule has 0 radical (unpaired) electrons. The highest BCUT2D eigenvalue weighted by atomic mass is 16.6. The molecule has 0 saturated heterocycles. The lowest BCUT2D eigenvalue weighted by atomic mass is 10.4. The Morgan fingerprint density at radius 1 is 1.17 bits per heavy atom. The second-order valence-corrected chi connectivity index (χ2v) is 1.89. The van der Waals surface area contributed by atoms with Crippen molar-refractivity contribution in [3.8, 4) is 0 Å². The molecule has 1 heterocycles. The van der Waals surface area contributed by atoms with E-state index in [2.05, 4.69) is 17.9 Å². The number of esters is 2. The van der Waals surface area contributed by atoms with Crippen molar-refractivity contribution in [3.05, 3.63) is 37.5 Å². The van der Waals surface area contributed by atoms with Crippen molar-refractivity contribution in [2.45, 2.75) is 6.42 Å². The molecule has 0 aromatic heterocycles. The second kappa shape index (κ2) is 6.09. The van der Waals surface area contributed by atoms with Crippen molar-refractivity contribution in [2.24, 2.45) is 0 Å². The maximum atomic E-state index is 9.92. The van der Waals surface area contributed by atoms with Crippen LogP contribution in [0.25, 0.3) is 0 Å². The highest BCUT2D eigenvalue weighted by Crippen LogP contribution is 1.92. The Morgan fingerprint density at radius 2 is 1.58 bits per heavy atom. The summed E-state index contributed by atoms with van der Waals surface area (Å²) in [5, 5.41) is 0. The van der Waals surface area contributed by atoms with E-state index in [1.807, 2.05) is 12.2 Å². The van der Waals surface area contributed by atoms with Crippen molar-refractivity contribution >= 4 is 11.9 Å². The average Bonchev–Trinajstić information content (AvgIpc) is 2.38. The lowest BCUT2D eigenvalue weighted by Gasteiger charge is -1.80. The molecule has 0 aromatic carbocycles. The molecule has 0 bridgehead atoms. The van der Waals surface area contributed by atoms with Crippen LogP contribution >= 0.6 is 0 Å². The van der Waals surface area contributed by atoms with Gasteiger partial charge in [0.1, 0.15) is 0 Å². The Morgan fingerprint density at radius 3 is 1.67 bits per heavy atom. The lowest BCUT2D eigenvalue weighted by Crippen LogP contribution is -1.96. The van der Waals surface area contributed by atoms with Gasteiger partial charge in [-0.3, -0.25) is 0 Å². The van der Waals surface area contributed by atoms with E-state index in [0.717, 1.165) is 18.6 Å². The molecule has 0 amide bonds. The smallest absolute Gasteiger partial charge is 0.338 e. The maximum absolute atomic E-state index is 9.92. The molecule has 1 aliphatic heterocycles. The van der Waals surface area contributed by atoms with E-state index < -0.39 is 11.9 Å². The molecule has 0 unspecified atom stereocenters. The standard InChI is InChI=1S/C5H8.C4H2O3/c1-3-5-4-2;5-3-1-2-4(6)7-3/h3-4H,1-2,5H2;1-2H. The normalized spacial score (nSPS) is 13.0. The zero-order chi connectivity index (χ0) is 9.40. The minimum Gasteiger partial charge on any atom is -0.387 e. The van der Waals surface area contributed by atoms with Crippen molar-refractivity contribution in [1.82, 2.24) is 0 Å². The van der Waals surface area contributed by atoms with E-state index in [1.54, 1.807) is 0 Å². The number of allylic oxidation sites excluding steroid dienone is 2. The molecule has 64 valence electrons. The number of cyclic esters (lactones) is 2. The van der Waals surface area contributed by atoms with Gasteiger partial charge in [0, 0.05) is 12.2 Å². The highest BCUT2D eigenvalue weighted by Gasteiger charge is 2.10. The van der Waals surface area contributed by atoms with Crippen molar-refractivity contribution in [2.75, 3.05) is 0 Å². The molecule has 0 fully saturated rings. The number of ether oxygens (including phenoxy) is 1. The van der Waals surface area contributed by atoms with Crippen LogP contribution in [0.3, 0.4) is 0 Å². The first-order valence-corrected chi connectivity index (χ1v) is 3.36. The molecule has 0 saturated carbocycles. The summed E-state index contributed by atoms with van der Waals surface area (Å²) in [5.41, 5.74) is 0. The summed E-state index contributed by atoms with van der Waals surface area (Å²) in [6.45, 7) is 6.96. The van der Waals surface area contributed by atoms with Gasteiger partial charge in [-0.1, -0.05) is 12.2 Å². The topological polar surface area (TPSA) is 43.4 Å². The molecule has 0 spiro atoms. The van der Waals surface area contributed by atoms with Crippen LogP contribution in [-0.2, 0) is 14.3 Å². The van der Waals surface area contributed by atoms with Crippen LogP contribution in [0.4, 0.5) is 0 Å².